The molecule has 1 aromatic heterocycles. The smallest absolute Gasteiger partial charge is 0.226 e. The summed E-state index contributed by atoms with van der Waals surface area (Å²) >= 11 is 1.70. The van der Waals surface area contributed by atoms with Gasteiger partial charge in [-0.2, -0.15) is 0 Å². The highest BCUT2D eigenvalue weighted by atomic mass is 32.2. The van der Waals surface area contributed by atoms with Crippen LogP contribution in [0.5, 0.6) is 0 Å². The normalized spacial score (nSPS) is 11.0. The fraction of sp³-hybridized carbons (Fsp3) is 0.467. The molecule has 114 valence electrons. The van der Waals surface area contributed by atoms with Crippen molar-refractivity contribution in [3.63, 3.8) is 0 Å². The van der Waals surface area contributed by atoms with E-state index >= 15 is 0 Å². The highest BCUT2D eigenvalue weighted by Gasteiger charge is 2.05. The van der Waals surface area contributed by atoms with Crippen LogP contribution in [-0.4, -0.2) is 30.5 Å². The van der Waals surface area contributed by atoms with Crippen LogP contribution in [0.4, 0.5) is 0 Å². The summed E-state index contributed by atoms with van der Waals surface area (Å²) in [5.41, 5.74) is 1.27. The largest absolute Gasteiger partial charge is 0.424 e. The van der Waals surface area contributed by atoms with E-state index in [9.17, 15) is 0 Å². The predicted octanol–water partition coefficient (Wildman–Crippen LogP) is 2.66. The first-order valence-electron chi connectivity index (χ1n) is 7.04. The third-order valence-electron chi connectivity index (χ3n) is 2.91. The monoisotopic (exact) mass is 307 g/mol. The predicted molar refractivity (Wildman–Crippen MR) is 83.3 cm³/mol. The molecule has 5 nitrogen and oxygen atoms in total. The Morgan fingerprint density at radius 3 is 2.62 bits per heavy atom. The lowest BCUT2D eigenvalue weighted by molar-refractivity contribution is 0.199. The molecule has 0 atom stereocenters. The van der Waals surface area contributed by atoms with Crippen LogP contribution >= 0.6 is 11.8 Å². The minimum Gasteiger partial charge on any atom is -0.424 e. The number of nitrogens with one attached hydrogen (secondary N) is 1. The third-order valence-corrected chi connectivity index (χ3v) is 3.91. The van der Waals surface area contributed by atoms with Gasteiger partial charge in [0.2, 0.25) is 11.8 Å². The number of nitrogens with zero attached hydrogens (tertiary/aromatic N) is 2. The van der Waals surface area contributed by atoms with E-state index in [0.29, 0.717) is 17.5 Å². The lowest BCUT2D eigenvalue weighted by Gasteiger charge is -2.05. The van der Waals surface area contributed by atoms with Crippen molar-refractivity contribution in [3.05, 3.63) is 41.6 Å². The van der Waals surface area contributed by atoms with Crippen molar-refractivity contribution in [2.75, 3.05) is 20.3 Å². The molecular weight excluding hydrogens is 286 g/mol. The molecule has 1 N–H and O–H groups in total. The van der Waals surface area contributed by atoms with E-state index in [1.807, 2.05) is 6.92 Å². The molecule has 2 rings (SSSR count). The topological polar surface area (TPSA) is 60.2 Å². The lowest BCUT2D eigenvalue weighted by atomic mass is 10.2. The molecule has 21 heavy (non-hydrogen) atoms. The number of hydrogen-bond donors (Lipinski definition) is 1. The molecular formula is C15H21N3O2S. The molecule has 0 aliphatic rings. The average molecular weight is 307 g/mol. The van der Waals surface area contributed by atoms with Gasteiger partial charge in [0.05, 0.1) is 12.4 Å². The van der Waals surface area contributed by atoms with Gasteiger partial charge in [0.1, 0.15) is 0 Å². The molecule has 0 saturated carbocycles. The molecule has 0 radical (unpaired) electrons. The zero-order chi connectivity index (χ0) is 14.9. The highest BCUT2D eigenvalue weighted by molar-refractivity contribution is 7.98. The van der Waals surface area contributed by atoms with Crippen LogP contribution in [0, 0.1) is 0 Å². The summed E-state index contributed by atoms with van der Waals surface area (Å²) in [6.07, 6.45) is 0.780. The zero-order valence-electron chi connectivity index (χ0n) is 12.5. The second kappa shape index (κ2) is 8.81. The minimum absolute atomic E-state index is 0.683. The van der Waals surface area contributed by atoms with Crippen LogP contribution in [0.3, 0.4) is 0 Å². The number of hydrogen-bond acceptors (Lipinski definition) is 6. The summed E-state index contributed by atoms with van der Waals surface area (Å²) in [6.45, 7) is 4.46. The second-order valence-corrected chi connectivity index (χ2v) is 5.59. The van der Waals surface area contributed by atoms with Crippen molar-refractivity contribution in [2.24, 2.45) is 0 Å². The first-order chi connectivity index (χ1) is 10.3. The summed E-state index contributed by atoms with van der Waals surface area (Å²) in [7, 11) is 1.71. The van der Waals surface area contributed by atoms with Crippen LogP contribution in [0.15, 0.2) is 33.6 Å². The molecule has 0 unspecified atom stereocenters. The SMILES string of the molecule is CCc1nnc(CSc2ccc(CNCCOC)cc2)o1. The van der Waals surface area contributed by atoms with Crippen LogP contribution in [0.25, 0.3) is 0 Å². The number of benzene rings is 1. The van der Waals surface area contributed by atoms with Gasteiger partial charge in [0.25, 0.3) is 0 Å². The standard InChI is InChI=1S/C15H21N3O2S/c1-3-14-17-18-15(20-14)11-21-13-6-4-12(5-7-13)10-16-8-9-19-2/h4-7,16H,3,8-11H2,1-2H3. The van der Waals surface area contributed by atoms with Crippen molar-refractivity contribution in [3.8, 4) is 0 Å². The van der Waals surface area contributed by atoms with Gasteiger partial charge in [-0.1, -0.05) is 19.1 Å². The molecule has 0 spiro atoms. The first-order valence-corrected chi connectivity index (χ1v) is 8.03. The maximum atomic E-state index is 5.49. The molecule has 0 bridgehead atoms. The Morgan fingerprint density at radius 1 is 1.19 bits per heavy atom. The van der Waals surface area contributed by atoms with Gasteiger partial charge in [-0.3, -0.25) is 0 Å². The summed E-state index contributed by atoms with van der Waals surface area (Å²) in [6, 6.07) is 8.51. The van der Waals surface area contributed by atoms with Gasteiger partial charge in [-0.25, -0.2) is 0 Å². The molecule has 6 heteroatoms. The van der Waals surface area contributed by atoms with E-state index in [-0.39, 0.29) is 0 Å². The van der Waals surface area contributed by atoms with E-state index in [2.05, 4.69) is 39.8 Å². The number of aromatic nitrogens is 2. The van der Waals surface area contributed by atoms with E-state index in [0.717, 1.165) is 26.1 Å². The average Bonchev–Trinajstić information content (AvgIpc) is 2.99. The third kappa shape index (κ3) is 5.49. The number of thioether (sulfide) groups is 1. The zero-order valence-corrected chi connectivity index (χ0v) is 13.3. The molecule has 1 aromatic carbocycles. The van der Waals surface area contributed by atoms with Crippen LogP contribution in [-0.2, 0) is 23.5 Å². The summed E-state index contributed by atoms with van der Waals surface area (Å²) < 4.78 is 10.5. The van der Waals surface area contributed by atoms with Gasteiger partial charge in [-0.05, 0) is 17.7 Å². The summed E-state index contributed by atoms with van der Waals surface area (Å²) in [5, 5.41) is 11.3. The maximum Gasteiger partial charge on any atom is 0.226 e. The maximum absolute atomic E-state index is 5.49. The van der Waals surface area contributed by atoms with Crippen LogP contribution in [0.1, 0.15) is 24.3 Å². The Bertz CT molecular complexity index is 528. The molecule has 0 saturated heterocycles. The van der Waals surface area contributed by atoms with E-state index in [1.54, 1.807) is 18.9 Å². The fourth-order valence-corrected chi connectivity index (χ4v) is 2.48. The van der Waals surface area contributed by atoms with Gasteiger partial charge in [0, 0.05) is 31.5 Å². The van der Waals surface area contributed by atoms with Crippen molar-refractivity contribution >= 4 is 11.8 Å². The van der Waals surface area contributed by atoms with E-state index < -0.39 is 0 Å². The van der Waals surface area contributed by atoms with Crippen LogP contribution < -0.4 is 5.32 Å². The molecule has 0 aliphatic heterocycles. The highest BCUT2D eigenvalue weighted by Crippen LogP contribution is 2.22. The van der Waals surface area contributed by atoms with Crippen molar-refractivity contribution in [1.82, 2.24) is 15.5 Å². The van der Waals surface area contributed by atoms with Crippen LogP contribution in [0.2, 0.25) is 0 Å². The Labute approximate surface area is 129 Å². The minimum atomic E-state index is 0.683. The van der Waals surface area contributed by atoms with Gasteiger partial charge in [0.15, 0.2) is 0 Å². The van der Waals surface area contributed by atoms with Gasteiger partial charge < -0.3 is 14.5 Å². The van der Waals surface area contributed by atoms with E-state index in [4.69, 9.17) is 9.15 Å². The number of ether oxygens (including phenoxy) is 1. The molecule has 0 fully saturated rings. The van der Waals surface area contributed by atoms with Gasteiger partial charge in [-0.15, -0.1) is 22.0 Å². The summed E-state index contributed by atoms with van der Waals surface area (Å²) in [4.78, 5) is 1.20. The Morgan fingerprint density at radius 2 is 1.95 bits per heavy atom. The Kier molecular flexibility index (Phi) is 6.72. The number of rotatable bonds is 9. The van der Waals surface area contributed by atoms with Gasteiger partial charge >= 0.3 is 0 Å². The molecule has 1 heterocycles. The number of aryl methyl sites for hydroxylation is 1. The Balaban J connectivity index is 1.76. The molecule has 0 amide bonds. The molecule has 2 aromatic rings. The van der Waals surface area contributed by atoms with Crippen molar-refractivity contribution in [1.29, 1.82) is 0 Å². The second-order valence-electron chi connectivity index (χ2n) is 4.55. The fourth-order valence-electron chi connectivity index (χ4n) is 1.75. The Hall–Kier alpha value is -1.37. The molecule has 0 aliphatic carbocycles. The number of methoxy groups -OCH3 is 1. The van der Waals surface area contributed by atoms with E-state index in [1.165, 1.54) is 10.5 Å². The lowest BCUT2D eigenvalue weighted by Crippen LogP contribution is -2.18. The summed E-state index contributed by atoms with van der Waals surface area (Å²) in [5.74, 6) is 2.09. The van der Waals surface area contributed by atoms with Crippen molar-refractivity contribution in [2.45, 2.75) is 30.5 Å². The first kappa shape index (κ1) is 16.0. The van der Waals surface area contributed by atoms with Crippen molar-refractivity contribution < 1.29 is 9.15 Å². The quantitative estimate of drug-likeness (QED) is 0.568.